The number of nitrogens with two attached hydrogens (primary N) is 1. The Morgan fingerprint density at radius 3 is 2.67 bits per heavy atom. The molecule has 3 rings (SSSR count). The van der Waals surface area contributed by atoms with Gasteiger partial charge in [0, 0.05) is 24.5 Å². The quantitative estimate of drug-likeness (QED) is 0.797. The lowest BCUT2D eigenvalue weighted by Crippen LogP contribution is -2.02. The largest absolute Gasteiger partial charge is 0.325 e. The highest BCUT2D eigenvalue weighted by atomic mass is 15.1. The molecule has 0 aliphatic rings. The molecule has 4 nitrogen and oxygen atoms in total. The third-order valence-electron chi connectivity index (χ3n) is 4.06. The van der Waals surface area contributed by atoms with Crippen LogP contribution in [0.5, 0.6) is 0 Å². The molecule has 2 N–H and O–H groups in total. The van der Waals surface area contributed by atoms with Crippen molar-refractivity contribution >= 4 is 5.78 Å². The van der Waals surface area contributed by atoms with Crippen molar-refractivity contribution in [3.63, 3.8) is 0 Å². The molecule has 2 aromatic heterocycles. The van der Waals surface area contributed by atoms with Crippen LogP contribution in [0, 0.1) is 0 Å². The Morgan fingerprint density at radius 1 is 1.24 bits per heavy atom. The topological polar surface area (TPSA) is 56.2 Å². The second-order valence-corrected chi connectivity index (χ2v) is 5.33. The summed E-state index contributed by atoms with van der Waals surface area (Å²) < 4.78 is 1.96. The average molecular weight is 280 g/mol. The molecule has 108 valence electrons. The lowest BCUT2D eigenvalue weighted by atomic mass is 9.97. The molecule has 1 unspecified atom stereocenters. The summed E-state index contributed by atoms with van der Waals surface area (Å²) in [5.41, 5.74) is 10.3. The zero-order valence-corrected chi connectivity index (χ0v) is 12.5. The fourth-order valence-electron chi connectivity index (χ4n) is 2.57. The summed E-state index contributed by atoms with van der Waals surface area (Å²) in [6.45, 7) is 4.89. The highest BCUT2D eigenvalue weighted by molar-refractivity contribution is 5.65. The molecule has 0 spiro atoms. The van der Waals surface area contributed by atoms with E-state index in [0.717, 1.165) is 23.4 Å². The van der Waals surface area contributed by atoms with E-state index in [1.807, 2.05) is 16.7 Å². The van der Waals surface area contributed by atoms with Crippen LogP contribution >= 0.6 is 0 Å². The lowest BCUT2D eigenvalue weighted by molar-refractivity contribution is 0.734. The van der Waals surface area contributed by atoms with Gasteiger partial charge in [0.1, 0.15) is 0 Å². The minimum atomic E-state index is 0.440. The number of imidazole rings is 1. The van der Waals surface area contributed by atoms with E-state index in [-0.39, 0.29) is 0 Å². The van der Waals surface area contributed by atoms with E-state index in [0.29, 0.717) is 18.2 Å². The summed E-state index contributed by atoms with van der Waals surface area (Å²) in [4.78, 5) is 8.91. The summed E-state index contributed by atoms with van der Waals surface area (Å²) in [5.74, 6) is 1.27. The van der Waals surface area contributed by atoms with Gasteiger partial charge >= 0.3 is 0 Å². The minimum Gasteiger partial charge on any atom is -0.325 e. The zero-order chi connectivity index (χ0) is 14.8. The molecular formula is C17H20N4. The van der Waals surface area contributed by atoms with Gasteiger partial charge in [0.2, 0.25) is 5.78 Å². The molecule has 0 amide bonds. The van der Waals surface area contributed by atoms with Crippen molar-refractivity contribution in [2.24, 2.45) is 5.73 Å². The van der Waals surface area contributed by atoms with Crippen LogP contribution in [-0.4, -0.2) is 14.4 Å². The molecule has 0 aliphatic carbocycles. The predicted octanol–water partition coefficient (Wildman–Crippen LogP) is 3.37. The van der Waals surface area contributed by atoms with Gasteiger partial charge in [-0.3, -0.25) is 4.40 Å². The summed E-state index contributed by atoms with van der Waals surface area (Å²) in [6.07, 6.45) is 4.85. The summed E-state index contributed by atoms with van der Waals surface area (Å²) in [5, 5.41) is 0. The Hall–Kier alpha value is -2.20. The first-order chi connectivity index (χ1) is 10.2. The van der Waals surface area contributed by atoms with Crippen molar-refractivity contribution in [3.8, 4) is 11.3 Å². The van der Waals surface area contributed by atoms with Gasteiger partial charge in [0.25, 0.3) is 0 Å². The molecule has 0 saturated heterocycles. The normalized spacial score (nSPS) is 12.7. The maximum Gasteiger partial charge on any atom is 0.234 e. The van der Waals surface area contributed by atoms with Gasteiger partial charge in [0.05, 0.1) is 11.4 Å². The maximum atomic E-state index is 5.91. The average Bonchev–Trinajstić information content (AvgIpc) is 2.92. The Morgan fingerprint density at radius 2 is 2.00 bits per heavy atom. The Bertz CT molecular complexity index is 743. The number of benzene rings is 1. The van der Waals surface area contributed by atoms with E-state index >= 15 is 0 Å². The Labute approximate surface area is 124 Å². The molecule has 1 atom stereocenters. The number of rotatable bonds is 4. The molecule has 0 aliphatic heterocycles. The number of fused-ring (bicyclic) bond motifs is 1. The zero-order valence-electron chi connectivity index (χ0n) is 12.5. The highest BCUT2D eigenvalue weighted by Gasteiger charge is 2.13. The summed E-state index contributed by atoms with van der Waals surface area (Å²) in [7, 11) is 0. The molecule has 4 heteroatoms. The standard InChI is InChI=1S/C17H20N4/c1-3-12(2)13-5-7-14(8-6-13)16-15(11-18)21-10-4-9-19-17(21)20-16/h4-10,12H,3,11,18H2,1-2H3. The molecule has 0 bridgehead atoms. The summed E-state index contributed by atoms with van der Waals surface area (Å²) in [6, 6.07) is 10.5. The second-order valence-electron chi connectivity index (χ2n) is 5.33. The molecule has 2 heterocycles. The van der Waals surface area contributed by atoms with Crippen LogP contribution in [0.25, 0.3) is 17.0 Å². The van der Waals surface area contributed by atoms with E-state index < -0.39 is 0 Å². The molecule has 0 saturated carbocycles. The van der Waals surface area contributed by atoms with Crippen molar-refractivity contribution in [1.29, 1.82) is 0 Å². The van der Waals surface area contributed by atoms with Crippen LogP contribution in [0.4, 0.5) is 0 Å². The Balaban J connectivity index is 2.07. The van der Waals surface area contributed by atoms with Gasteiger partial charge < -0.3 is 5.73 Å². The second kappa shape index (κ2) is 5.66. The van der Waals surface area contributed by atoms with Gasteiger partial charge in [0.15, 0.2) is 0 Å². The number of hydrogen-bond donors (Lipinski definition) is 1. The van der Waals surface area contributed by atoms with E-state index in [9.17, 15) is 0 Å². The highest BCUT2D eigenvalue weighted by Crippen LogP contribution is 2.26. The molecule has 3 aromatic rings. The van der Waals surface area contributed by atoms with Crippen molar-refractivity contribution < 1.29 is 0 Å². The van der Waals surface area contributed by atoms with Crippen LogP contribution in [-0.2, 0) is 6.54 Å². The Kier molecular flexibility index (Phi) is 3.71. The van der Waals surface area contributed by atoms with Crippen molar-refractivity contribution in [3.05, 3.63) is 54.0 Å². The smallest absolute Gasteiger partial charge is 0.234 e. The first-order valence-electron chi connectivity index (χ1n) is 7.37. The van der Waals surface area contributed by atoms with Gasteiger partial charge in [-0.05, 0) is 24.0 Å². The fraction of sp³-hybridized carbons (Fsp3) is 0.294. The number of aromatic nitrogens is 3. The first kappa shape index (κ1) is 13.8. The predicted molar refractivity (Wildman–Crippen MR) is 85.0 cm³/mol. The van der Waals surface area contributed by atoms with Crippen molar-refractivity contribution in [1.82, 2.24) is 14.4 Å². The molecule has 0 radical (unpaired) electrons. The fourth-order valence-corrected chi connectivity index (χ4v) is 2.57. The van der Waals surface area contributed by atoms with Crippen LogP contribution < -0.4 is 5.73 Å². The minimum absolute atomic E-state index is 0.440. The maximum absolute atomic E-state index is 5.91. The van der Waals surface area contributed by atoms with Gasteiger partial charge in [-0.1, -0.05) is 38.1 Å². The van der Waals surface area contributed by atoms with Crippen molar-refractivity contribution in [2.75, 3.05) is 0 Å². The van der Waals surface area contributed by atoms with Gasteiger partial charge in [-0.15, -0.1) is 0 Å². The van der Waals surface area contributed by atoms with Crippen LogP contribution in [0.1, 0.15) is 37.4 Å². The van der Waals surface area contributed by atoms with E-state index in [4.69, 9.17) is 5.73 Å². The van der Waals surface area contributed by atoms with E-state index in [1.54, 1.807) is 6.20 Å². The van der Waals surface area contributed by atoms with Crippen LogP contribution in [0.15, 0.2) is 42.7 Å². The van der Waals surface area contributed by atoms with Crippen molar-refractivity contribution in [2.45, 2.75) is 32.7 Å². The van der Waals surface area contributed by atoms with E-state index in [1.165, 1.54) is 5.56 Å². The number of hydrogen-bond acceptors (Lipinski definition) is 3. The van der Waals surface area contributed by atoms with Gasteiger partial charge in [-0.2, -0.15) is 0 Å². The SMILES string of the molecule is CCC(C)c1ccc(-c2nc3ncccn3c2CN)cc1. The van der Waals surface area contributed by atoms with Gasteiger partial charge in [-0.25, -0.2) is 9.97 Å². The van der Waals surface area contributed by atoms with E-state index in [2.05, 4.69) is 48.1 Å². The lowest BCUT2D eigenvalue weighted by Gasteiger charge is -2.09. The molecule has 0 fully saturated rings. The molecular weight excluding hydrogens is 260 g/mol. The molecule has 21 heavy (non-hydrogen) atoms. The van der Waals surface area contributed by atoms with Crippen LogP contribution in [0.2, 0.25) is 0 Å². The first-order valence-corrected chi connectivity index (χ1v) is 7.37. The molecule has 1 aromatic carbocycles. The summed E-state index contributed by atoms with van der Waals surface area (Å²) >= 11 is 0. The third kappa shape index (κ3) is 2.43. The van der Waals surface area contributed by atoms with Crippen LogP contribution in [0.3, 0.4) is 0 Å². The number of nitrogens with zero attached hydrogens (tertiary/aromatic N) is 3. The third-order valence-corrected chi connectivity index (χ3v) is 4.06. The monoisotopic (exact) mass is 280 g/mol.